The Balaban J connectivity index is 1.42. The number of amides is 2. The molecule has 7 nitrogen and oxygen atoms in total. The molecule has 2 amide bonds. The minimum atomic E-state index is -0.868. The van der Waals surface area contributed by atoms with E-state index >= 15 is 0 Å². The standard InChI is InChI=1S/C19H18FN3O4/c1-12(26-14-8-6-13(20)7-9-14)19(25)23-22-17(24)10-11-18-21-15-4-2-3-5-16(15)27-18/h2-9,12H,10-11H2,1H3,(H,22,24)(H,23,25)/t12-/m0/s1. The summed E-state index contributed by atoms with van der Waals surface area (Å²) >= 11 is 0. The van der Waals surface area contributed by atoms with E-state index in [-0.39, 0.29) is 12.3 Å². The van der Waals surface area contributed by atoms with Gasteiger partial charge in [0.05, 0.1) is 0 Å². The number of ether oxygens (including phenoxy) is 1. The van der Waals surface area contributed by atoms with Gasteiger partial charge in [0.2, 0.25) is 5.91 Å². The van der Waals surface area contributed by atoms with Gasteiger partial charge in [-0.25, -0.2) is 9.37 Å². The third kappa shape index (κ3) is 5.04. The van der Waals surface area contributed by atoms with Crippen molar-refractivity contribution in [3.63, 3.8) is 0 Å². The number of nitrogens with one attached hydrogen (secondary N) is 2. The summed E-state index contributed by atoms with van der Waals surface area (Å²) in [4.78, 5) is 28.1. The van der Waals surface area contributed by atoms with Gasteiger partial charge in [-0.2, -0.15) is 0 Å². The third-order valence-corrected chi connectivity index (χ3v) is 3.72. The van der Waals surface area contributed by atoms with Crippen molar-refractivity contribution in [3.05, 3.63) is 60.2 Å². The molecule has 8 heteroatoms. The van der Waals surface area contributed by atoms with Crippen molar-refractivity contribution < 1.29 is 23.1 Å². The molecule has 0 unspecified atom stereocenters. The van der Waals surface area contributed by atoms with Crippen LogP contribution in [0.3, 0.4) is 0 Å². The number of oxazole rings is 1. The van der Waals surface area contributed by atoms with Crippen molar-refractivity contribution in [1.82, 2.24) is 15.8 Å². The SMILES string of the molecule is C[C@H](Oc1ccc(F)cc1)C(=O)NNC(=O)CCc1nc2ccccc2o1. The minimum Gasteiger partial charge on any atom is -0.481 e. The molecule has 2 aromatic carbocycles. The number of carbonyl (C=O) groups is 2. The largest absolute Gasteiger partial charge is 0.481 e. The van der Waals surface area contributed by atoms with Crippen LogP contribution in [0.25, 0.3) is 11.1 Å². The molecule has 0 saturated carbocycles. The van der Waals surface area contributed by atoms with Gasteiger partial charge in [0.1, 0.15) is 17.1 Å². The zero-order valence-electron chi connectivity index (χ0n) is 14.6. The lowest BCUT2D eigenvalue weighted by molar-refractivity contribution is -0.132. The third-order valence-electron chi connectivity index (χ3n) is 3.72. The van der Waals surface area contributed by atoms with Crippen molar-refractivity contribution in [1.29, 1.82) is 0 Å². The summed E-state index contributed by atoms with van der Waals surface area (Å²) in [5.74, 6) is -0.521. The molecule has 0 bridgehead atoms. The van der Waals surface area contributed by atoms with Crippen molar-refractivity contribution in [2.75, 3.05) is 0 Å². The van der Waals surface area contributed by atoms with E-state index in [2.05, 4.69) is 15.8 Å². The van der Waals surface area contributed by atoms with E-state index in [0.717, 1.165) is 5.52 Å². The average molecular weight is 371 g/mol. The van der Waals surface area contributed by atoms with Gasteiger partial charge in [-0.05, 0) is 43.3 Å². The minimum absolute atomic E-state index is 0.0975. The molecule has 3 aromatic rings. The van der Waals surface area contributed by atoms with Gasteiger partial charge in [-0.15, -0.1) is 0 Å². The van der Waals surface area contributed by atoms with Crippen molar-refractivity contribution >= 4 is 22.9 Å². The van der Waals surface area contributed by atoms with Crippen LogP contribution in [0.4, 0.5) is 4.39 Å². The average Bonchev–Trinajstić information content (AvgIpc) is 3.09. The maximum absolute atomic E-state index is 12.9. The zero-order valence-corrected chi connectivity index (χ0v) is 14.6. The Bertz CT molecular complexity index is 907. The molecule has 1 aromatic heterocycles. The van der Waals surface area contributed by atoms with E-state index in [9.17, 15) is 14.0 Å². The topological polar surface area (TPSA) is 93.5 Å². The monoisotopic (exact) mass is 371 g/mol. The van der Waals surface area contributed by atoms with Crippen LogP contribution in [-0.4, -0.2) is 22.9 Å². The maximum Gasteiger partial charge on any atom is 0.279 e. The van der Waals surface area contributed by atoms with Crippen LogP contribution in [0.2, 0.25) is 0 Å². The van der Waals surface area contributed by atoms with Gasteiger partial charge < -0.3 is 9.15 Å². The number of aromatic nitrogens is 1. The van der Waals surface area contributed by atoms with Crippen LogP contribution in [-0.2, 0) is 16.0 Å². The predicted molar refractivity (Wildman–Crippen MR) is 95.1 cm³/mol. The summed E-state index contributed by atoms with van der Waals surface area (Å²) in [5.41, 5.74) is 5.99. The van der Waals surface area contributed by atoms with E-state index in [1.54, 1.807) is 6.07 Å². The molecule has 0 radical (unpaired) electrons. The van der Waals surface area contributed by atoms with E-state index in [1.807, 2.05) is 18.2 Å². The van der Waals surface area contributed by atoms with Crippen LogP contribution in [0, 0.1) is 5.82 Å². The number of rotatable bonds is 6. The summed E-state index contributed by atoms with van der Waals surface area (Å²) in [6.07, 6.45) is -0.467. The molecule has 0 aliphatic heterocycles. The summed E-state index contributed by atoms with van der Waals surface area (Å²) in [6, 6.07) is 12.6. The Morgan fingerprint density at radius 2 is 1.89 bits per heavy atom. The molecule has 140 valence electrons. The number of aryl methyl sites for hydroxylation is 1. The molecular weight excluding hydrogens is 353 g/mol. The highest BCUT2D eigenvalue weighted by molar-refractivity contribution is 5.84. The molecule has 0 fully saturated rings. The summed E-state index contributed by atoms with van der Waals surface area (Å²) in [5, 5.41) is 0. The number of halogens is 1. The lowest BCUT2D eigenvalue weighted by Crippen LogP contribution is -2.47. The number of nitrogens with zero attached hydrogens (tertiary/aromatic N) is 1. The van der Waals surface area contributed by atoms with E-state index < -0.39 is 17.8 Å². The number of para-hydroxylation sites is 2. The fraction of sp³-hybridized carbons (Fsp3) is 0.211. The van der Waals surface area contributed by atoms with Crippen LogP contribution < -0.4 is 15.6 Å². The van der Waals surface area contributed by atoms with Gasteiger partial charge in [-0.1, -0.05) is 12.1 Å². The van der Waals surface area contributed by atoms with Gasteiger partial charge in [0.15, 0.2) is 17.6 Å². The van der Waals surface area contributed by atoms with E-state index in [4.69, 9.17) is 9.15 Å². The first kappa shape index (κ1) is 18.4. The number of hydrogen-bond donors (Lipinski definition) is 2. The number of hydrogen-bond acceptors (Lipinski definition) is 5. The Morgan fingerprint density at radius 3 is 2.63 bits per heavy atom. The van der Waals surface area contributed by atoms with Crippen LogP contribution >= 0.6 is 0 Å². The van der Waals surface area contributed by atoms with Crippen molar-refractivity contribution in [3.8, 4) is 5.75 Å². The smallest absolute Gasteiger partial charge is 0.279 e. The van der Waals surface area contributed by atoms with Crippen LogP contribution in [0.15, 0.2) is 52.9 Å². The van der Waals surface area contributed by atoms with Crippen molar-refractivity contribution in [2.24, 2.45) is 0 Å². The highest BCUT2D eigenvalue weighted by Crippen LogP contribution is 2.15. The maximum atomic E-state index is 12.9. The Morgan fingerprint density at radius 1 is 1.15 bits per heavy atom. The molecule has 0 aliphatic rings. The highest BCUT2D eigenvalue weighted by Gasteiger charge is 2.16. The van der Waals surface area contributed by atoms with Crippen molar-refractivity contribution in [2.45, 2.75) is 25.9 Å². The summed E-state index contributed by atoms with van der Waals surface area (Å²) < 4.78 is 23.8. The molecule has 0 saturated heterocycles. The second-order valence-corrected chi connectivity index (χ2v) is 5.83. The fourth-order valence-electron chi connectivity index (χ4n) is 2.31. The number of hydrazine groups is 1. The lowest BCUT2D eigenvalue weighted by atomic mass is 10.3. The van der Waals surface area contributed by atoms with Crippen LogP contribution in [0.5, 0.6) is 5.75 Å². The zero-order chi connectivity index (χ0) is 19.2. The van der Waals surface area contributed by atoms with Crippen LogP contribution in [0.1, 0.15) is 19.2 Å². The molecule has 3 rings (SSSR count). The van der Waals surface area contributed by atoms with Gasteiger partial charge in [-0.3, -0.25) is 20.4 Å². The summed E-state index contributed by atoms with van der Waals surface area (Å²) in [7, 11) is 0. The Labute approximate surface area is 154 Å². The first-order valence-electron chi connectivity index (χ1n) is 8.36. The first-order valence-corrected chi connectivity index (χ1v) is 8.36. The van der Waals surface area contributed by atoms with Gasteiger partial charge >= 0.3 is 0 Å². The predicted octanol–water partition coefficient (Wildman–Crippen LogP) is 2.51. The van der Waals surface area contributed by atoms with E-state index in [0.29, 0.717) is 23.6 Å². The number of benzene rings is 2. The summed E-state index contributed by atoms with van der Waals surface area (Å²) in [6.45, 7) is 1.52. The molecule has 2 N–H and O–H groups in total. The molecule has 1 heterocycles. The fourth-order valence-corrected chi connectivity index (χ4v) is 2.31. The number of carbonyl (C=O) groups excluding carboxylic acids is 2. The molecular formula is C19H18FN3O4. The highest BCUT2D eigenvalue weighted by atomic mass is 19.1. The van der Waals surface area contributed by atoms with Gasteiger partial charge in [0, 0.05) is 12.8 Å². The Kier molecular flexibility index (Phi) is 5.65. The van der Waals surface area contributed by atoms with Gasteiger partial charge in [0.25, 0.3) is 5.91 Å². The first-order chi connectivity index (χ1) is 13.0. The molecule has 0 spiro atoms. The molecule has 0 aliphatic carbocycles. The van der Waals surface area contributed by atoms with E-state index in [1.165, 1.54) is 31.2 Å². The Hall–Kier alpha value is -3.42. The molecule has 1 atom stereocenters. The second-order valence-electron chi connectivity index (χ2n) is 5.83. The normalized spacial score (nSPS) is 11.8. The molecule has 27 heavy (non-hydrogen) atoms. The second kappa shape index (κ2) is 8.31. The lowest BCUT2D eigenvalue weighted by Gasteiger charge is -2.15. The number of fused-ring (bicyclic) bond motifs is 1. The quantitative estimate of drug-likeness (QED) is 0.650.